The third-order valence-electron chi connectivity index (χ3n) is 4.17. The van der Waals surface area contributed by atoms with E-state index in [0.717, 1.165) is 31.6 Å². The van der Waals surface area contributed by atoms with Gasteiger partial charge in [-0.1, -0.05) is 0 Å². The molecule has 0 aliphatic carbocycles. The molecule has 2 aromatic heterocycles. The number of rotatable bonds is 7. The quantitative estimate of drug-likeness (QED) is 0.781. The lowest BCUT2D eigenvalue weighted by Gasteiger charge is -2.22. The third-order valence-corrected chi connectivity index (χ3v) is 5.79. The van der Waals surface area contributed by atoms with Crippen LogP contribution in [0, 0.1) is 6.92 Å². The molecular weight excluding hydrogens is 316 g/mol. The topological polar surface area (TPSA) is 80.4 Å². The minimum atomic E-state index is -3.49. The van der Waals surface area contributed by atoms with Crippen molar-refractivity contribution in [2.75, 3.05) is 13.1 Å². The summed E-state index contributed by atoms with van der Waals surface area (Å²) in [5.41, 5.74) is 0. The van der Waals surface area contributed by atoms with E-state index in [9.17, 15) is 8.42 Å². The monoisotopic (exact) mass is 338 g/mol. The Kier molecular flexibility index (Phi) is 4.84. The van der Waals surface area contributed by atoms with E-state index >= 15 is 0 Å². The van der Waals surface area contributed by atoms with E-state index in [1.807, 2.05) is 23.8 Å². The molecule has 1 N–H and O–H groups in total. The Morgan fingerprint density at radius 2 is 2.35 bits per heavy atom. The molecule has 23 heavy (non-hydrogen) atoms. The zero-order valence-corrected chi connectivity index (χ0v) is 14.0. The summed E-state index contributed by atoms with van der Waals surface area (Å²) in [5, 5.41) is 0. The lowest BCUT2D eigenvalue weighted by atomic mass is 10.2. The molecule has 0 amide bonds. The predicted octanol–water partition coefficient (Wildman–Crippen LogP) is 1.85. The Morgan fingerprint density at radius 1 is 1.48 bits per heavy atom. The lowest BCUT2D eigenvalue weighted by Crippen LogP contribution is -2.40. The zero-order valence-electron chi connectivity index (χ0n) is 13.2. The van der Waals surface area contributed by atoms with E-state index in [1.54, 1.807) is 18.5 Å². The van der Waals surface area contributed by atoms with Gasteiger partial charge in [-0.2, -0.15) is 12.7 Å². The van der Waals surface area contributed by atoms with Crippen LogP contribution in [0.3, 0.4) is 0 Å². The molecule has 8 heteroatoms. The van der Waals surface area contributed by atoms with Crippen molar-refractivity contribution in [3.63, 3.8) is 0 Å². The van der Waals surface area contributed by atoms with Crippen molar-refractivity contribution in [2.24, 2.45) is 0 Å². The average Bonchev–Trinajstić information content (AvgIpc) is 3.25. The van der Waals surface area contributed by atoms with Gasteiger partial charge in [-0.3, -0.25) is 0 Å². The molecule has 7 nitrogen and oxygen atoms in total. The van der Waals surface area contributed by atoms with Crippen LogP contribution in [0.15, 0.2) is 35.2 Å². The second-order valence-corrected chi connectivity index (χ2v) is 7.41. The molecular formula is C15H22N4O3S. The molecule has 2 aromatic rings. The van der Waals surface area contributed by atoms with Crippen molar-refractivity contribution >= 4 is 10.2 Å². The molecule has 0 saturated carbocycles. The van der Waals surface area contributed by atoms with Crippen LogP contribution < -0.4 is 4.72 Å². The Hall–Kier alpha value is -1.64. The normalized spacial score (nSPS) is 19.4. The van der Waals surface area contributed by atoms with Crippen molar-refractivity contribution in [1.29, 1.82) is 0 Å². The van der Waals surface area contributed by atoms with Gasteiger partial charge in [0.05, 0.1) is 12.3 Å². The number of hydrogen-bond acceptors (Lipinski definition) is 4. The molecule has 1 aliphatic rings. The fourth-order valence-corrected chi connectivity index (χ4v) is 4.45. The maximum absolute atomic E-state index is 12.5. The Balaban J connectivity index is 1.55. The Bertz CT molecular complexity index is 724. The molecule has 3 rings (SSSR count). The number of hydrogen-bond donors (Lipinski definition) is 1. The van der Waals surface area contributed by atoms with Gasteiger partial charge in [-0.25, -0.2) is 9.71 Å². The van der Waals surface area contributed by atoms with Crippen molar-refractivity contribution in [3.8, 4) is 0 Å². The van der Waals surface area contributed by atoms with E-state index in [2.05, 4.69) is 9.71 Å². The molecule has 1 atom stereocenters. The predicted molar refractivity (Wildman–Crippen MR) is 85.9 cm³/mol. The smallest absolute Gasteiger partial charge is 0.280 e. The summed E-state index contributed by atoms with van der Waals surface area (Å²) < 4.78 is 36.6. The van der Waals surface area contributed by atoms with Crippen LogP contribution in [0.4, 0.5) is 0 Å². The van der Waals surface area contributed by atoms with E-state index in [0.29, 0.717) is 18.8 Å². The number of nitrogens with zero attached hydrogens (tertiary/aromatic N) is 3. The summed E-state index contributed by atoms with van der Waals surface area (Å²) in [6.45, 7) is 3.61. The molecule has 1 aliphatic heterocycles. The van der Waals surface area contributed by atoms with Crippen LogP contribution >= 0.6 is 0 Å². The minimum Gasteiger partial charge on any atom is -0.468 e. The van der Waals surface area contributed by atoms with E-state index in [-0.39, 0.29) is 6.04 Å². The summed E-state index contributed by atoms with van der Waals surface area (Å²) in [4.78, 5) is 4.15. The third kappa shape index (κ3) is 3.65. The summed E-state index contributed by atoms with van der Waals surface area (Å²) in [7, 11) is -3.49. The summed E-state index contributed by atoms with van der Waals surface area (Å²) >= 11 is 0. The number of aryl methyl sites for hydroxylation is 2. The van der Waals surface area contributed by atoms with E-state index in [1.165, 1.54) is 4.31 Å². The second-order valence-electron chi connectivity index (χ2n) is 5.70. The summed E-state index contributed by atoms with van der Waals surface area (Å²) in [6.07, 6.45) is 7.59. The largest absolute Gasteiger partial charge is 0.468 e. The van der Waals surface area contributed by atoms with Crippen LogP contribution in [0.5, 0.6) is 0 Å². The van der Waals surface area contributed by atoms with Gasteiger partial charge < -0.3 is 8.98 Å². The highest BCUT2D eigenvalue weighted by atomic mass is 32.2. The fraction of sp³-hybridized carbons (Fsp3) is 0.533. The zero-order chi connectivity index (χ0) is 16.3. The summed E-state index contributed by atoms with van der Waals surface area (Å²) in [5.74, 6) is 1.65. The molecule has 1 unspecified atom stereocenters. The molecule has 126 valence electrons. The minimum absolute atomic E-state index is 0.196. The first kappa shape index (κ1) is 16.2. The summed E-state index contributed by atoms with van der Waals surface area (Å²) in [6, 6.07) is 3.43. The van der Waals surface area contributed by atoms with Crippen LogP contribution in [-0.2, 0) is 16.8 Å². The number of imidazole rings is 1. The maximum Gasteiger partial charge on any atom is 0.280 e. The molecule has 1 saturated heterocycles. The second kappa shape index (κ2) is 6.86. The van der Waals surface area contributed by atoms with Crippen LogP contribution in [0.1, 0.15) is 36.9 Å². The van der Waals surface area contributed by atoms with Gasteiger partial charge in [-0.05, 0) is 38.3 Å². The Labute approximate surface area is 136 Å². The highest BCUT2D eigenvalue weighted by Gasteiger charge is 2.36. The number of nitrogens with one attached hydrogen (secondary N) is 1. The first-order valence-electron chi connectivity index (χ1n) is 7.85. The van der Waals surface area contributed by atoms with Gasteiger partial charge in [0, 0.05) is 32.0 Å². The van der Waals surface area contributed by atoms with Crippen LogP contribution in [-0.4, -0.2) is 35.4 Å². The van der Waals surface area contributed by atoms with Gasteiger partial charge in [-0.15, -0.1) is 0 Å². The fourth-order valence-electron chi connectivity index (χ4n) is 2.97. The van der Waals surface area contributed by atoms with Gasteiger partial charge in [0.15, 0.2) is 0 Å². The standard InChI is InChI=1S/C15H22N4O3S/c1-13-16-8-11-18(13)9-4-7-17-23(20,21)19-10-2-5-14(19)15-6-3-12-22-15/h3,6,8,11-12,14,17H,2,4-5,7,9-10H2,1H3. The first-order chi connectivity index (χ1) is 11.1. The maximum atomic E-state index is 12.5. The van der Waals surface area contributed by atoms with Crippen molar-refractivity contribution < 1.29 is 12.8 Å². The van der Waals surface area contributed by atoms with E-state index in [4.69, 9.17) is 4.42 Å². The SMILES string of the molecule is Cc1nccn1CCCNS(=O)(=O)N1CCCC1c1ccco1. The van der Waals surface area contributed by atoms with Gasteiger partial charge in [0.2, 0.25) is 0 Å². The van der Waals surface area contributed by atoms with Crippen LogP contribution in [0.2, 0.25) is 0 Å². The molecule has 1 fully saturated rings. The number of furan rings is 1. The average molecular weight is 338 g/mol. The highest BCUT2D eigenvalue weighted by Crippen LogP contribution is 2.33. The molecule has 0 bridgehead atoms. The van der Waals surface area contributed by atoms with Crippen molar-refractivity contribution in [1.82, 2.24) is 18.6 Å². The first-order valence-corrected chi connectivity index (χ1v) is 9.29. The molecule has 3 heterocycles. The van der Waals surface area contributed by atoms with Crippen LogP contribution in [0.25, 0.3) is 0 Å². The number of aromatic nitrogens is 2. The molecule has 0 aromatic carbocycles. The molecule has 0 spiro atoms. The molecule has 0 radical (unpaired) electrons. The lowest BCUT2D eigenvalue weighted by molar-refractivity contribution is 0.335. The van der Waals surface area contributed by atoms with Gasteiger partial charge in [0.25, 0.3) is 10.2 Å². The highest BCUT2D eigenvalue weighted by molar-refractivity contribution is 7.87. The van der Waals surface area contributed by atoms with Gasteiger partial charge >= 0.3 is 0 Å². The van der Waals surface area contributed by atoms with Crippen molar-refractivity contribution in [2.45, 2.75) is 38.8 Å². The van der Waals surface area contributed by atoms with Crippen molar-refractivity contribution in [3.05, 3.63) is 42.4 Å². The Morgan fingerprint density at radius 3 is 3.04 bits per heavy atom. The van der Waals surface area contributed by atoms with Gasteiger partial charge in [0.1, 0.15) is 11.6 Å². The van der Waals surface area contributed by atoms with E-state index < -0.39 is 10.2 Å².